The van der Waals surface area contributed by atoms with Gasteiger partial charge in [-0.15, -0.1) is 0 Å². The highest BCUT2D eigenvalue weighted by molar-refractivity contribution is 5.94. The summed E-state index contributed by atoms with van der Waals surface area (Å²) in [4.78, 5) is 26.6. The van der Waals surface area contributed by atoms with Gasteiger partial charge in [0, 0.05) is 25.2 Å². The molecule has 2 aromatic carbocycles. The zero-order valence-corrected chi connectivity index (χ0v) is 20.6. The molecule has 3 aromatic rings. The van der Waals surface area contributed by atoms with Crippen LogP contribution in [0.25, 0.3) is 6.08 Å². The Morgan fingerprint density at radius 1 is 1.06 bits per heavy atom. The van der Waals surface area contributed by atoms with E-state index in [-0.39, 0.29) is 11.8 Å². The molecule has 184 valence electrons. The lowest BCUT2D eigenvalue weighted by molar-refractivity contribution is -0.127. The monoisotopic (exact) mass is 476 g/mol. The number of amides is 2. The number of methoxy groups -OCH3 is 1. The van der Waals surface area contributed by atoms with E-state index >= 15 is 0 Å². The summed E-state index contributed by atoms with van der Waals surface area (Å²) in [6, 6.07) is 16.4. The molecule has 0 aliphatic heterocycles. The van der Waals surface area contributed by atoms with Crippen molar-refractivity contribution in [3.05, 3.63) is 89.4 Å². The minimum atomic E-state index is -0.170. The molecule has 35 heavy (non-hydrogen) atoms. The summed E-state index contributed by atoms with van der Waals surface area (Å²) in [6.07, 6.45) is 4.87. The van der Waals surface area contributed by atoms with E-state index in [1.54, 1.807) is 49.6 Å². The molecule has 1 aromatic heterocycles. The maximum Gasteiger partial charge on any atom is 0.251 e. The fourth-order valence-corrected chi connectivity index (χ4v) is 3.37. The number of ether oxygens (including phenoxy) is 2. The maximum atomic E-state index is 13.1. The zero-order chi connectivity index (χ0) is 25.2. The summed E-state index contributed by atoms with van der Waals surface area (Å²) in [5.74, 6) is 2.04. The SMILES string of the molecule is CNC(=O)c1ccc(CN(Cc2ccco2)C(=O)/C=C/c2ccc(OCC(C)C)c(OC)c2)cc1. The third-order valence-corrected chi connectivity index (χ3v) is 5.23. The highest BCUT2D eigenvalue weighted by Gasteiger charge is 2.15. The molecule has 0 bridgehead atoms. The van der Waals surface area contributed by atoms with Crippen LogP contribution in [0.1, 0.15) is 41.1 Å². The van der Waals surface area contributed by atoms with Crippen LogP contribution in [0.5, 0.6) is 11.5 Å². The molecule has 0 spiro atoms. The van der Waals surface area contributed by atoms with E-state index < -0.39 is 0 Å². The lowest BCUT2D eigenvalue weighted by atomic mass is 10.1. The smallest absolute Gasteiger partial charge is 0.251 e. The van der Waals surface area contributed by atoms with Crippen molar-refractivity contribution in [3.8, 4) is 11.5 Å². The molecular weight excluding hydrogens is 444 g/mol. The second-order valence-corrected chi connectivity index (χ2v) is 8.50. The lowest BCUT2D eigenvalue weighted by Gasteiger charge is -2.20. The molecule has 7 nitrogen and oxygen atoms in total. The van der Waals surface area contributed by atoms with Gasteiger partial charge in [-0.25, -0.2) is 0 Å². The van der Waals surface area contributed by atoms with Crippen molar-refractivity contribution in [1.82, 2.24) is 10.2 Å². The largest absolute Gasteiger partial charge is 0.493 e. The molecule has 3 rings (SSSR count). The van der Waals surface area contributed by atoms with Crippen LogP contribution in [0.2, 0.25) is 0 Å². The Morgan fingerprint density at radius 2 is 1.83 bits per heavy atom. The van der Waals surface area contributed by atoms with E-state index in [4.69, 9.17) is 13.9 Å². The standard InChI is InChI=1S/C28H32N2O5/c1-20(2)19-35-25-13-9-21(16-26(25)33-4)10-14-27(31)30(18-24-6-5-15-34-24)17-22-7-11-23(12-8-22)28(32)29-3/h5-16,20H,17-19H2,1-4H3,(H,29,32)/b14-10+. The van der Waals surface area contributed by atoms with E-state index in [1.807, 2.05) is 36.4 Å². The fourth-order valence-electron chi connectivity index (χ4n) is 3.37. The quantitative estimate of drug-likeness (QED) is 0.397. The van der Waals surface area contributed by atoms with Crippen molar-refractivity contribution in [1.29, 1.82) is 0 Å². The Bertz CT molecular complexity index is 1130. The highest BCUT2D eigenvalue weighted by Crippen LogP contribution is 2.29. The molecule has 1 N–H and O–H groups in total. The minimum absolute atomic E-state index is 0.154. The number of carbonyl (C=O) groups excluding carboxylic acids is 2. The van der Waals surface area contributed by atoms with Gasteiger partial charge < -0.3 is 24.1 Å². The molecule has 2 amide bonds. The summed E-state index contributed by atoms with van der Waals surface area (Å²) in [6.45, 7) is 5.44. The number of hydrogen-bond acceptors (Lipinski definition) is 5. The lowest BCUT2D eigenvalue weighted by Crippen LogP contribution is -2.28. The summed E-state index contributed by atoms with van der Waals surface area (Å²) < 4.78 is 16.7. The van der Waals surface area contributed by atoms with Crippen LogP contribution in [-0.4, -0.2) is 37.5 Å². The van der Waals surface area contributed by atoms with Gasteiger partial charge in [-0.2, -0.15) is 0 Å². The average molecular weight is 477 g/mol. The van der Waals surface area contributed by atoms with Crippen molar-refractivity contribution < 1.29 is 23.5 Å². The molecule has 0 aliphatic rings. The summed E-state index contributed by atoms with van der Waals surface area (Å²) in [5.41, 5.74) is 2.29. The van der Waals surface area contributed by atoms with Gasteiger partial charge in [-0.05, 0) is 59.5 Å². The van der Waals surface area contributed by atoms with E-state index in [9.17, 15) is 9.59 Å². The number of hydrogen-bond donors (Lipinski definition) is 1. The molecule has 0 atom stereocenters. The third kappa shape index (κ3) is 7.50. The van der Waals surface area contributed by atoms with Gasteiger partial charge in [0.05, 0.1) is 26.5 Å². The van der Waals surface area contributed by atoms with Crippen LogP contribution in [0.3, 0.4) is 0 Å². The molecule has 0 radical (unpaired) electrons. The number of nitrogens with one attached hydrogen (secondary N) is 1. The first kappa shape index (κ1) is 25.6. The van der Waals surface area contributed by atoms with Gasteiger partial charge in [0.1, 0.15) is 5.76 Å². The summed E-state index contributed by atoms with van der Waals surface area (Å²) >= 11 is 0. The van der Waals surface area contributed by atoms with E-state index in [0.717, 1.165) is 11.1 Å². The number of rotatable bonds is 11. The van der Waals surface area contributed by atoms with E-state index in [2.05, 4.69) is 19.2 Å². The predicted octanol–water partition coefficient (Wildman–Crippen LogP) is 4.92. The highest BCUT2D eigenvalue weighted by atomic mass is 16.5. The Morgan fingerprint density at radius 3 is 2.46 bits per heavy atom. The first-order valence-electron chi connectivity index (χ1n) is 11.5. The number of furan rings is 1. The first-order valence-corrected chi connectivity index (χ1v) is 11.5. The van der Waals surface area contributed by atoms with Crippen LogP contribution < -0.4 is 14.8 Å². The van der Waals surface area contributed by atoms with Gasteiger partial charge in [0.2, 0.25) is 5.91 Å². The predicted molar refractivity (Wildman–Crippen MR) is 135 cm³/mol. The van der Waals surface area contributed by atoms with Gasteiger partial charge in [0.25, 0.3) is 5.91 Å². The molecule has 0 fully saturated rings. The van der Waals surface area contributed by atoms with Crippen molar-refractivity contribution in [3.63, 3.8) is 0 Å². The van der Waals surface area contributed by atoms with Crippen LogP contribution >= 0.6 is 0 Å². The second-order valence-electron chi connectivity index (χ2n) is 8.50. The van der Waals surface area contributed by atoms with Gasteiger partial charge >= 0.3 is 0 Å². The van der Waals surface area contributed by atoms with Crippen molar-refractivity contribution in [2.75, 3.05) is 20.8 Å². The topological polar surface area (TPSA) is 81.0 Å². The normalized spacial score (nSPS) is 11.0. The fraction of sp³-hybridized carbons (Fsp3) is 0.286. The average Bonchev–Trinajstić information content (AvgIpc) is 3.39. The number of benzene rings is 2. The second kappa shape index (κ2) is 12.5. The Hall–Kier alpha value is -4.00. The van der Waals surface area contributed by atoms with E-state index in [1.165, 1.54) is 6.08 Å². The molecule has 0 aliphatic carbocycles. The van der Waals surface area contributed by atoms with E-state index in [0.29, 0.717) is 48.4 Å². The summed E-state index contributed by atoms with van der Waals surface area (Å²) in [5, 5.41) is 2.60. The minimum Gasteiger partial charge on any atom is -0.493 e. The Balaban J connectivity index is 1.75. The van der Waals surface area contributed by atoms with Gasteiger partial charge in [-0.3, -0.25) is 9.59 Å². The Kier molecular flexibility index (Phi) is 9.12. The van der Waals surface area contributed by atoms with Gasteiger partial charge in [0.15, 0.2) is 11.5 Å². The third-order valence-electron chi connectivity index (χ3n) is 5.23. The molecule has 0 unspecified atom stereocenters. The van der Waals surface area contributed by atoms with Crippen LogP contribution in [0.15, 0.2) is 71.4 Å². The van der Waals surface area contributed by atoms with Crippen molar-refractivity contribution in [2.24, 2.45) is 5.92 Å². The number of carbonyl (C=O) groups is 2. The molecule has 1 heterocycles. The maximum absolute atomic E-state index is 13.1. The molecule has 0 saturated carbocycles. The van der Waals surface area contributed by atoms with Gasteiger partial charge in [-0.1, -0.05) is 32.0 Å². The Labute approximate surface area is 206 Å². The number of nitrogens with zero attached hydrogens (tertiary/aromatic N) is 1. The van der Waals surface area contributed by atoms with Crippen molar-refractivity contribution >= 4 is 17.9 Å². The molecule has 0 saturated heterocycles. The van der Waals surface area contributed by atoms with Crippen LogP contribution in [-0.2, 0) is 17.9 Å². The summed E-state index contributed by atoms with van der Waals surface area (Å²) in [7, 11) is 3.19. The van der Waals surface area contributed by atoms with Crippen LogP contribution in [0.4, 0.5) is 0 Å². The first-order chi connectivity index (χ1) is 16.9. The molecule has 7 heteroatoms. The zero-order valence-electron chi connectivity index (χ0n) is 20.6. The molecular formula is C28H32N2O5. The van der Waals surface area contributed by atoms with Crippen molar-refractivity contribution in [2.45, 2.75) is 26.9 Å². The van der Waals surface area contributed by atoms with Crippen LogP contribution in [0, 0.1) is 5.92 Å².